The van der Waals surface area contributed by atoms with Crippen molar-refractivity contribution >= 4 is 17.9 Å². The van der Waals surface area contributed by atoms with Crippen molar-refractivity contribution in [3.05, 3.63) is 5.57 Å². The van der Waals surface area contributed by atoms with Gasteiger partial charge in [0.2, 0.25) is 0 Å². The number of carboxylic acid groups (broad SMARTS) is 2. The Morgan fingerprint density at radius 1 is 1.30 bits per heavy atom. The Morgan fingerprint density at radius 3 is 1.90 bits per heavy atom. The van der Waals surface area contributed by atoms with E-state index in [1.54, 1.807) is 0 Å². The molecule has 0 spiro atoms. The summed E-state index contributed by atoms with van der Waals surface area (Å²) in [6.07, 6.45) is -0.793. The monoisotopic (exact) mass is 144 g/mol. The Kier molecular flexibility index (Phi) is 2.87. The SMILES string of the molecule is O=C=C(CC(=O)O)C(=O)O. The number of carbonyl (C=O) groups excluding carboxylic acids is 1. The molecule has 0 aliphatic carbocycles. The summed E-state index contributed by atoms with van der Waals surface area (Å²) in [5.74, 6) is -1.89. The second-order valence-corrected chi connectivity index (χ2v) is 1.46. The first-order valence-corrected chi connectivity index (χ1v) is 2.27. The average Bonchev–Trinajstić information content (AvgIpc) is 1.81. The minimum Gasteiger partial charge on any atom is -0.481 e. The molecule has 0 fully saturated rings. The van der Waals surface area contributed by atoms with Crippen molar-refractivity contribution in [2.24, 2.45) is 0 Å². The fourth-order valence-electron chi connectivity index (χ4n) is 0.307. The van der Waals surface area contributed by atoms with Gasteiger partial charge in [-0.1, -0.05) is 0 Å². The molecule has 0 aliphatic rings. The summed E-state index contributed by atoms with van der Waals surface area (Å²) >= 11 is 0. The lowest BCUT2D eigenvalue weighted by atomic mass is 10.2. The zero-order valence-electron chi connectivity index (χ0n) is 4.83. The van der Waals surface area contributed by atoms with Gasteiger partial charge in [0.1, 0.15) is 11.5 Å². The molecule has 10 heavy (non-hydrogen) atoms. The maximum atomic E-state index is 9.90. The molecular weight excluding hydrogens is 140 g/mol. The lowest BCUT2D eigenvalue weighted by Crippen LogP contribution is -2.06. The maximum Gasteiger partial charge on any atom is 0.343 e. The molecular formula is C5H4O5. The van der Waals surface area contributed by atoms with E-state index in [1.807, 2.05) is 0 Å². The maximum absolute atomic E-state index is 9.90. The lowest BCUT2D eigenvalue weighted by Gasteiger charge is -1.88. The highest BCUT2D eigenvalue weighted by atomic mass is 16.4. The molecule has 54 valence electrons. The lowest BCUT2D eigenvalue weighted by molar-refractivity contribution is -0.139. The topological polar surface area (TPSA) is 91.7 Å². The molecule has 0 radical (unpaired) electrons. The van der Waals surface area contributed by atoms with E-state index in [4.69, 9.17) is 10.2 Å². The van der Waals surface area contributed by atoms with Crippen molar-refractivity contribution in [1.82, 2.24) is 0 Å². The van der Waals surface area contributed by atoms with Crippen LogP contribution in [0.4, 0.5) is 0 Å². The van der Waals surface area contributed by atoms with Crippen LogP contribution in [-0.4, -0.2) is 28.1 Å². The average molecular weight is 144 g/mol. The first-order chi connectivity index (χ1) is 4.57. The smallest absolute Gasteiger partial charge is 0.343 e. The zero-order chi connectivity index (χ0) is 8.15. The van der Waals surface area contributed by atoms with E-state index >= 15 is 0 Å². The number of carboxylic acids is 2. The van der Waals surface area contributed by atoms with Crippen LogP contribution in [0, 0.1) is 0 Å². The van der Waals surface area contributed by atoms with E-state index in [0.29, 0.717) is 0 Å². The molecule has 0 saturated carbocycles. The summed E-state index contributed by atoms with van der Waals surface area (Å²) in [6, 6.07) is 0. The van der Waals surface area contributed by atoms with E-state index in [-0.39, 0.29) is 0 Å². The van der Waals surface area contributed by atoms with Gasteiger partial charge in [-0.15, -0.1) is 0 Å². The molecule has 0 saturated heterocycles. The van der Waals surface area contributed by atoms with Crippen molar-refractivity contribution in [3.8, 4) is 0 Å². The molecule has 0 atom stereocenters. The molecule has 5 nitrogen and oxygen atoms in total. The standard InChI is InChI=1S/C5H4O5/c6-2-3(5(9)10)1-4(7)8/h1H2,(H,7,8)(H,9,10). The Labute approximate surface area is 55.6 Å². The summed E-state index contributed by atoms with van der Waals surface area (Å²) in [5.41, 5.74) is -0.771. The summed E-state index contributed by atoms with van der Waals surface area (Å²) in [6.45, 7) is 0. The van der Waals surface area contributed by atoms with Crippen LogP contribution in [0.3, 0.4) is 0 Å². The van der Waals surface area contributed by atoms with Gasteiger partial charge >= 0.3 is 11.9 Å². The highest BCUT2D eigenvalue weighted by molar-refractivity contribution is 5.99. The molecule has 5 heteroatoms. The number of hydrogen-bond acceptors (Lipinski definition) is 3. The quantitative estimate of drug-likeness (QED) is 0.403. The second-order valence-electron chi connectivity index (χ2n) is 1.46. The summed E-state index contributed by atoms with van der Waals surface area (Å²) in [5, 5.41) is 16.1. The van der Waals surface area contributed by atoms with Gasteiger partial charge in [-0.25, -0.2) is 9.59 Å². The van der Waals surface area contributed by atoms with Gasteiger partial charge in [-0.3, -0.25) is 4.79 Å². The fraction of sp³-hybridized carbons (Fsp3) is 0.200. The number of rotatable bonds is 3. The third-order valence-electron chi connectivity index (χ3n) is 0.709. The van der Waals surface area contributed by atoms with Crippen LogP contribution in [-0.2, 0) is 14.4 Å². The Hall–Kier alpha value is -1.61. The molecule has 0 rings (SSSR count). The molecule has 0 heterocycles. The van der Waals surface area contributed by atoms with Gasteiger partial charge in [0, 0.05) is 0 Å². The Balaban J connectivity index is 4.27. The first kappa shape index (κ1) is 8.39. The third kappa shape index (κ3) is 2.64. The molecule has 0 aliphatic heterocycles. The van der Waals surface area contributed by atoms with Crippen molar-refractivity contribution in [2.45, 2.75) is 6.42 Å². The second kappa shape index (κ2) is 3.42. The van der Waals surface area contributed by atoms with Crippen molar-refractivity contribution < 1.29 is 24.6 Å². The summed E-state index contributed by atoms with van der Waals surface area (Å²) in [4.78, 5) is 29.4. The van der Waals surface area contributed by atoms with E-state index < -0.39 is 23.9 Å². The highest BCUT2D eigenvalue weighted by Gasteiger charge is 2.11. The largest absolute Gasteiger partial charge is 0.481 e. The van der Waals surface area contributed by atoms with E-state index in [9.17, 15) is 14.4 Å². The van der Waals surface area contributed by atoms with Crippen molar-refractivity contribution in [2.75, 3.05) is 0 Å². The predicted molar refractivity (Wildman–Crippen MR) is 29.1 cm³/mol. The van der Waals surface area contributed by atoms with Crippen LogP contribution in [0.1, 0.15) is 6.42 Å². The molecule has 0 bridgehead atoms. The normalized spacial score (nSPS) is 8.00. The molecule has 0 aromatic rings. The summed E-state index contributed by atoms with van der Waals surface area (Å²) in [7, 11) is 0. The Bertz CT molecular complexity index is 210. The minimum atomic E-state index is -1.54. The van der Waals surface area contributed by atoms with E-state index in [0.717, 1.165) is 5.94 Å². The van der Waals surface area contributed by atoms with Crippen LogP contribution in [0.15, 0.2) is 5.57 Å². The van der Waals surface area contributed by atoms with E-state index in [2.05, 4.69) is 0 Å². The fourth-order valence-corrected chi connectivity index (χ4v) is 0.307. The van der Waals surface area contributed by atoms with Gasteiger partial charge in [0.25, 0.3) is 0 Å². The number of carbonyl (C=O) groups is 2. The van der Waals surface area contributed by atoms with Gasteiger partial charge in [-0.05, 0) is 0 Å². The van der Waals surface area contributed by atoms with Crippen molar-refractivity contribution in [3.63, 3.8) is 0 Å². The Morgan fingerprint density at radius 2 is 1.80 bits per heavy atom. The molecule has 0 amide bonds. The first-order valence-electron chi connectivity index (χ1n) is 2.27. The van der Waals surface area contributed by atoms with Crippen molar-refractivity contribution in [1.29, 1.82) is 0 Å². The number of hydrogen-bond donors (Lipinski definition) is 2. The third-order valence-corrected chi connectivity index (χ3v) is 0.709. The number of aliphatic carboxylic acids is 2. The molecule has 0 aromatic heterocycles. The minimum absolute atomic E-state index is 0.771. The van der Waals surface area contributed by atoms with E-state index in [1.165, 1.54) is 0 Å². The molecule has 0 aromatic carbocycles. The van der Waals surface area contributed by atoms with Crippen LogP contribution >= 0.6 is 0 Å². The van der Waals surface area contributed by atoms with Gasteiger partial charge < -0.3 is 10.2 Å². The molecule has 0 unspecified atom stereocenters. The van der Waals surface area contributed by atoms with Crippen LogP contribution in [0.2, 0.25) is 0 Å². The highest BCUT2D eigenvalue weighted by Crippen LogP contribution is 1.94. The van der Waals surface area contributed by atoms with Crippen LogP contribution in [0.25, 0.3) is 0 Å². The predicted octanol–water partition coefficient (Wildman–Crippen LogP) is -0.696. The summed E-state index contributed by atoms with van der Waals surface area (Å²) < 4.78 is 0. The van der Waals surface area contributed by atoms with Crippen LogP contribution in [0.5, 0.6) is 0 Å². The van der Waals surface area contributed by atoms with Gasteiger partial charge in [0.05, 0.1) is 6.42 Å². The molecule has 2 N–H and O–H groups in total. The van der Waals surface area contributed by atoms with Gasteiger partial charge in [-0.2, -0.15) is 0 Å². The van der Waals surface area contributed by atoms with Gasteiger partial charge in [0.15, 0.2) is 0 Å². The van der Waals surface area contributed by atoms with Crippen LogP contribution < -0.4 is 0 Å². The zero-order valence-corrected chi connectivity index (χ0v) is 4.83.